The third-order valence-electron chi connectivity index (χ3n) is 2.63. The number of aromatic nitrogens is 3. The average Bonchev–Trinajstić information content (AvgIpc) is 2.75. The first-order valence-corrected chi connectivity index (χ1v) is 5.27. The summed E-state index contributed by atoms with van der Waals surface area (Å²) in [6, 6.07) is 0.566. The summed E-state index contributed by atoms with van der Waals surface area (Å²) in [7, 11) is 0. The molecule has 0 radical (unpaired) electrons. The Hall–Kier alpha value is -0.570. The van der Waals surface area contributed by atoms with Crippen LogP contribution in [0.1, 0.15) is 49.7 Å². The second-order valence-corrected chi connectivity index (χ2v) is 4.33. The molecule has 1 unspecified atom stereocenters. The van der Waals surface area contributed by atoms with Gasteiger partial charge in [0.15, 0.2) is 0 Å². The summed E-state index contributed by atoms with van der Waals surface area (Å²) >= 11 is 5.91. The van der Waals surface area contributed by atoms with Crippen molar-refractivity contribution in [3.63, 3.8) is 0 Å². The van der Waals surface area contributed by atoms with Crippen LogP contribution < -0.4 is 0 Å². The van der Waals surface area contributed by atoms with E-state index in [2.05, 4.69) is 10.3 Å². The molecule has 1 aromatic heterocycles. The molecule has 1 aliphatic rings. The summed E-state index contributed by atoms with van der Waals surface area (Å²) in [5, 5.41) is 8.11. The molecule has 4 heteroatoms. The fourth-order valence-electron chi connectivity index (χ4n) is 1.82. The third kappa shape index (κ3) is 1.85. The van der Waals surface area contributed by atoms with Crippen molar-refractivity contribution < 1.29 is 0 Å². The Balaban J connectivity index is 2.12. The van der Waals surface area contributed by atoms with Gasteiger partial charge in [-0.3, -0.25) is 0 Å². The van der Waals surface area contributed by atoms with E-state index in [0.29, 0.717) is 6.04 Å². The van der Waals surface area contributed by atoms with E-state index in [1.165, 1.54) is 25.7 Å². The van der Waals surface area contributed by atoms with Crippen molar-refractivity contribution in [3.8, 4) is 0 Å². The molecule has 1 saturated carbocycles. The van der Waals surface area contributed by atoms with Crippen molar-refractivity contribution >= 4 is 11.6 Å². The fraction of sp³-hybridized carbons (Fsp3) is 0.778. The van der Waals surface area contributed by atoms with Crippen LogP contribution in [0.4, 0.5) is 0 Å². The van der Waals surface area contributed by atoms with Gasteiger partial charge in [-0.2, -0.15) is 0 Å². The summed E-state index contributed by atoms with van der Waals surface area (Å²) in [4.78, 5) is 0. The van der Waals surface area contributed by atoms with Gasteiger partial charge in [0.2, 0.25) is 0 Å². The highest BCUT2D eigenvalue weighted by Gasteiger charge is 2.18. The van der Waals surface area contributed by atoms with Gasteiger partial charge < -0.3 is 0 Å². The number of rotatable bonds is 2. The molecule has 1 heterocycles. The molecule has 1 aliphatic carbocycles. The summed E-state index contributed by atoms with van der Waals surface area (Å²) < 4.78 is 1.97. The van der Waals surface area contributed by atoms with Crippen LogP contribution in [0.5, 0.6) is 0 Å². The van der Waals surface area contributed by atoms with Gasteiger partial charge in [-0.25, -0.2) is 4.68 Å². The van der Waals surface area contributed by atoms with E-state index in [9.17, 15) is 0 Å². The molecule has 1 aromatic rings. The topological polar surface area (TPSA) is 30.7 Å². The highest BCUT2D eigenvalue weighted by Crippen LogP contribution is 2.29. The molecule has 2 rings (SSSR count). The van der Waals surface area contributed by atoms with Gasteiger partial charge in [0, 0.05) is 0 Å². The normalized spacial score (nSPS) is 20.8. The number of hydrogen-bond acceptors (Lipinski definition) is 2. The van der Waals surface area contributed by atoms with Crippen LogP contribution in [0.2, 0.25) is 0 Å². The number of hydrogen-bond donors (Lipinski definition) is 0. The summed E-state index contributed by atoms with van der Waals surface area (Å²) in [6.07, 6.45) is 7.08. The zero-order valence-electron chi connectivity index (χ0n) is 7.78. The molecule has 0 N–H and O–H groups in total. The molecule has 0 spiro atoms. The smallest absolute Gasteiger partial charge is 0.100 e. The second-order valence-electron chi connectivity index (χ2n) is 3.68. The molecular formula is C9H14ClN3. The Morgan fingerprint density at radius 2 is 2.23 bits per heavy atom. The molecule has 0 aliphatic heterocycles. The van der Waals surface area contributed by atoms with Crippen molar-refractivity contribution in [1.82, 2.24) is 15.0 Å². The van der Waals surface area contributed by atoms with E-state index in [0.717, 1.165) is 5.69 Å². The number of halogens is 1. The van der Waals surface area contributed by atoms with Crippen LogP contribution in [0, 0.1) is 0 Å². The van der Waals surface area contributed by atoms with Gasteiger partial charge in [0.05, 0.1) is 17.6 Å². The molecule has 13 heavy (non-hydrogen) atoms. The number of alkyl halides is 1. The lowest BCUT2D eigenvalue weighted by Gasteiger charge is -2.06. The molecule has 0 aromatic carbocycles. The maximum Gasteiger partial charge on any atom is 0.100 e. The van der Waals surface area contributed by atoms with E-state index >= 15 is 0 Å². The number of nitrogens with zero attached hydrogens (tertiary/aromatic N) is 3. The van der Waals surface area contributed by atoms with Crippen LogP contribution in [0.3, 0.4) is 0 Å². The van der Waals surface area contributed by atoms with Gasteiger partial charge >= 0.3 is 0 Å². The molecule has 0 saturated heterocycles. The van der Waals surface area contributed by atoms with E-state index in [1.54, 1.807) is 0 Å². The van der Waals surface area contributed by atoms with Crippen molar-refractivity contribution in [2.45, 2.75) is 44.0 Å². The van der Waals surface area contributed by atoms with Crippen molar-refractivity contribution in [2.24, 2.45) is 0 Å². The standard InChI is InChI=1S/C9H14ClN3/c1-7(10)9-6-13(12-11-9)8-4-2-3-5-8/h6-8H,2-5H2,1H3. The Kier molecular flexibility index (Phi) is 2.54. The summed E-state index contributed by atoms with van der Waals surface area (Å²) in [5.41, 5.74) is 0.883. The SMILES string of the molecule is CC(Cl)c1cn(C2CCCC2)nn1. The Labute approximate surface area is 83.1 Å². The minimum Gasteiger partial charge on any atom is -0.249 e. The Morgan fingerprint density at radius 1 is 1.54 bits per heavy atom. The minimum atomic E-state index is -0.0323. The first-order valence-electron chi connectivity index (χ1n) is 4.83. The monoisotopic (exact) mass is 199 g/mol. The van der Waals surface area contributed by atoms with Crippen LogP contribution in [-0.4, -0.2) is 15.0 Å². The van der Waals surface area contributed by atoms with Crippen molar-refractivity contribution in [3.05, 3.63) is 11.9 Å². The van der Waals surface area contributed by atoms with E-state index < -0.39 is 0 Å². The second kappa shape index (κ2) is 3.66. The van der Waals surface area contributed by atoms with E-state index in [-0.39, 0.29) is 5.38 Å². The van der Waals surface area contributed by atoms with Crippen LogP contribution >= 0.6 is 11.6 Å². The molecule has 3 nitrogen and oxygen atoms in total. The average molecular weight is 200 g/mol. The maximum absolute atomic E-state index is 5.91. The first kappa shape index (κ1) is 9.00. The highest BCUT2D eigenvalue weighted by molar-refractivity contribution is 6.20. The quantitative estimate of drug-likeness (QED) is 0.686. The van der Waals surface area contributed by atoms with Crippen molar-refractivity contribution in [2.75, 3.05) is 0 Å². The van der Waals surface area contributed by atoms with E-state index in [1.807, 2.05) is 17.8 Å². The minimum absolute atomic E-state index is 0.0323. The first-order chi connectivity index (χ1) is 6.27. The lowest BCUT2D eigenvalue weighted by Crippen LogP contribution is -2.04. The zero-order chi connectivity index (χ0) is 9.26. The summed E-state index contributed by atoms with van der Waals surface area (Å²) in [6.45, 7) is 1.92. The molecule has 0 bridgehead atoms. The fourth-order valence-corrected chi connectivity index (χ4v) is 1.92. The highest BCUT2D eigenvalue weighted by atomic mass is 35.5. The Morgan fingerprint density at radius 3 is 2.77 bits per heavy atom. The van der Waals surface area contributed by atoms with E-state index in [4.69, 9.17) is 11.6 Å². The van der Waals surface area contributed by atoms with Gasteiger partial charge in [0.1, 0.15) is 5.69 Å². The lowest BCUT2D eigenvalue weighted by molar-refractivity contribution is 0.454. The zero-order valence-corrected chi connectivity index (χ0v) is 8.54. The van der Waals surface area contributed by atoms with Gasteiger partial charge in [-0.1, -0.05) is 18.1 Å². The van der Waals surface area contributed by atoms with Gasteiger partial charge in [0.25, 0.3) is 0 Å². The van der Waals surface area contributed by atoms with Crippen LogP contribution in [-0.2, 0) is 0 Å². The molecular weight excluding hydrogens is 186 g/mol. The predicted molar refractivity (Wildman–Crippen MR) is 51.8 cm³/mol. The van der Waals surface area contributed by atoms with Gasteiger partial charge in [-0.15, -0.1) is 16.7 Å². The molecule has 1 fully saturated rings. The van der Waals surface area contributed by atoms with Crippen LogP contribution in [0.15, 0.2) is 6.20 Å². The summed E-state index contributed by atoms with van der Waals surface area (Å²) in [5.74, 6) is 0. The van der Waals surface area contributed by atoms with Crippen molar-refractivity contribution in [1.29, 1.82) is 0 Å². The molecule has 1 atom stereocenters. The van der Waals surface area contributed by atoms with Crippen LogP contribution in [0.25, 0.3) is 0 Å². The van der Waals surface area contributed by atoms with Gasteiger partial charge in [-0.05, 0) is 19.8 Å². The lowest BCUT2D eigenvalue weighted by atomic mass is 10.2. The molecule has 72 valence electrons. The molecule has 0 amide bonds. The Bertz CT molecular complexity index is 276. The predicted octanol–water partition coefficient (Wildman–Crippen LogP) is 2.69. The third-order valence-corrected chi connectivity index (χ3v) is 2.86. The largest absolute Gasteiger partial charge is 0.249 e. The maximum atomic E-state index is 5.91.